The zero-order valence-electron chi connectivity index (χ0n) is 15.9. The van der Waals surface area contributed by atoms with Crippen molar-refractivity contribution in [2.75, 3.05) is 45.9 Å². The Morgan fingerprint density at radius 1 is 1.07 bits per heavy atom. The van der Waals surface area contributed by atoms with E-state index in [1.54, 1.807) is 0 Å². The fourth-order valence-electron chi connectivity index (χ4n) is 3.97. The predicted molar refractivity (Wildman–Crippen MR) is 112 cm³/mol. The van der Waals surface area contributed by atoms with Gasteiger partial charge in [-0.2, -0.15) is 0 Å². The quantitative estimate of drug-likeness (QED) is 0.839. The van der Waals surface area contributed by atoms with Gasteiger partial charge < -0.3 is 15.0 Å². The first kappa shape index (κ1) is 19.2. The number of ether oxygens (including phenoxy) is 1. The normalized spacial score (nSPS) is 20.3. The minimum absolute atomic E-state index is 0.0265. The van der Waals surface area contributed by atoms with Crippen LogP contribution in [0.4, 0.5) is 0 Å². The summed E-state index contributed by atoms with van der Waals surface area (Å²) in [5, 5.41) is 3.90. The molecule has 5 nitrogen and oxygen atoms in total. The maximum Gasteiger partial charge on any atom is 0.260 e. The predicted octanol–water partition coefficient (Wildman–Crippen LogP) is 2.89. The highest BCUT2D eigenvalue weighted by Gasteiger charge is 2.31. The third-order valence-corrected chi connectivity index (χ3v) is 5.87. The van der Waals surface area contributed by atoms with Gasteiger partial charge in [-0.1, -0.05) is 48.0 Å². The first-order chi connectivity index (χ1) is 13.7. The summed E-state index contributed by atoms with van der Waals surface area (Å²) in [6.45, 7) is 5.81. The minimum Gasteiger partial charge on any atom is -0.482 e. The molecular formula is C22H26ClN3O2. The van der Waals surface area contributed by atoms with Crippen LogP contribution in [-0.4, -0.2) is 67.6 Å². The van der Waals surface area contributed by atoms with Crippen molar-refractivity contribution >= 4 is 17.5 Å². The van der Waals surface area contributed by atoms with Gasteiger partial charge in [0, 0.05) is 45.3 Å². The molecule has 1 N–H and O–H groups in total. The molecule has 0 aromatic heterocycles. The zero-order valence-corrected chi connectivity index (χ0v) is 16.7. The summed E-state index contributed by atoms with van der Waals surface area (Å²) >= 11 is 6.38. The van der Waals surface area contributed by atoms with Gasteiger partial charge in [-0.25, -0.2) is 0 Å². The van der Waals surface area contributed by atoms with E-state index in [2.05, 4.69) is 10.2 Å². The van der Waals surface area contributed by atoms with Gasteiger partial charge in [0.15, 0.2) is 6.61 Å². The molecule has 2 heterocycles. The van der Waals surface area contributed by atoms with Crippen LogP contribution in [-0.2, 0) is 4.79 Å². The number of piperazine rings is 1. The van der Waals surface area contributed by atoms with Gasteiger partial charge in [0.1, 0.15) is 5.75 Å². The number of carbonyl (C=O) groups excluding carboxylic acids is 1. The largest absolute Gasteiger partial charge is 0.482 e. The van der Waals surface area contributed by atoms with Crippen LogP contribution < -0.4 is 10.1 Å². The molecule has 1 amide bonds. The Bertz CT molecular complexity index is 809. The summed E-state index contributed by atoms with van der Waals surface area (Å²) in [5.41, 5.74) is 2.13. The lowest BCUT2D eigenvalue weighted by Gasteiger charge is -2.32. The number of nitrogens with zero attached hydrogens (tertiary/aromatic N) is 2. The average molecular weight is 400 g/mol. The van der Waals surface area contributed by atoms with Gasteiger partial charge in [-0.15, -0.1) is 0 Å². The van der Waals surface area contributed by atoms with Crippen molar-refractivity contribution in [1.82, 2.24) is 15.1 Å². The van der Waals surface area contributed by atoms with Crippen LogP contribution >= 0.6 is 11.6 Å². The van der Waals surface area contributed by atoms with Crippen LogP contribution in [0.2, 0.25) is 5.02 Å². The van der Waals surface area contributed by atoms with Crippen LogP contribution in [0.3, 0.4) is 0 Å². The van der Waals surface area contributed by atoms with Gasteiger partial charge in [0.25, 0.3) is 5.91 Å². The second-order valence-corrected chi connectivity index (χ2v) is 7.78. The second kappa shape index (κ2) is 8.95. The van der Waals surface area contributed by atoms with Crippen LogP contribution in [0, 0.1) is 0 Å². The van der Waals surface area contributed by atoms with E-state index in [1.807, 2.05) is 53.4 Å². The molecule has 0 saturated carbocycles. The average Bonchev–Trinajstić information content (AvgIpc) is 3.24. The van der Waals surface area contributed by atoms with Crippen molar-refractivity contribution in [1.29, 1.82) is 0 Å². The molecule has 0 aliphatic carbocycles. The van der Waals surface area contributed by atoms with E-state index < -0.39 is 0 Å². The fraction of sp³-hybridized carbons (Fsp3) is 0.409. The van der Waals surface area contributed by atoms with Crippen molar-refractivity contribution in [2.45, 2.75) is 12.5 Å². The second-order valence-electron chi connectivity index (χ2n) is 7.37. The van der Waals surface area contributed by atoms with Crippen molar-refractivity contribution in [3.05, 3.63) is 53.6 Å². The number of likely N-dealkylation sites (tertiary alicyclic amines) is 1. The van der Waals surface area contributed by atoms with E-state index >= 15 is 0 Å². The molecule has 28 heavy (non-hydrogen) atoms. The molecule has 1 unspecified atom stereocenters. The zero-order chi connectivity index (χ0) is 19.3. The summed E-state index contributed by atoms with van der Waals surface area (Å²) in [4.78, 5) is 17.0. The topological polar surface area (TPSA) is 44.8 Å². The summed E-state index contributed by atoms with van der Waals surface area (Å²) in [6, 6.07) is 16.2. The fourth-order valence-corrected chi connectivity index (χ4v) is 4.21. The molecule has 148 valence electrons. The standard InChI is InChI=1S/C22H26ClN3O2/c23-20-14-18(17-4-2-1-3-5-17)6-7-21(20)28-16-22(27)26-11-8-19(15-26)25-12-9-24-10-13-25/h1-7,14,19,24H,8-13,15-16H2. The summed E-state index contributed by atoms with van der Waals surface area (Å²) in [7, 11) is 0. The summed E-state index contributed by atoms with van der Waals surface area (Å²) in [5.74, 6) is 0.577. The smallest absolute Gasteiger partial charge is 0.260 e. The van der Waals surface area contributed by atoms with Gasteiger partial charge in [-0.05, 0) is 29.7 Å². The highest BCUT2D eigenvalue weighted by molar-refractivity contribution is 6.32. The molecule has 2 aromatic carbocycles. The number of amides is 1. The number of carbonyl (C=O) groups is 1. The lowest BCUT2D eigenvalue weighted by atomic mass is 10.1. The Balaban J connectivity index is 1.31. The molecule has 0 spiro atoms. The van der Waals surface area contributed by atoms with E-state index in [-0.39, 0.29) is 12.5 Å². The highest BCUT2D eigenvalue weighted by Crippen LogP contribution is 2.30. The molecule has 2 saturated heterocycles. The molecule has 2 aliphatic rings. The van der Waals surface area contributed by atoms with E-state index in [0.29, 0.717) is 16.8 Å². The molecule has 0 bridgehead atoms. The Morgan fingerprint density at radius 2 is 1.86 bits per heavy atom. The first-order valence-electron chi connectivity index (χ1n) is 9.91. The third-order valence-electron chi connectivity index (χ3n) is 5.57. The van der Waals surface area contributed by atoms with Crippen LogP contribution in [0.25, 0.3) is 11.1 Å². The molecule has 6 heteroatoms. The monoisotopic (exact) mass is 399 g/mol. The van der Waals surface area contributed by atoms with Gasteiger partial charge in [0.05, 0.1) is 5.02 Å². The molecule has 2 aromatic rings. The molecule has 0 radical (unpaired) electrons. The molecule has 1 atom stereocenters. The Kier molecular flexibility index (Phi) is 6.15. The van der Waals surface area contributed by atoms with Gasteiger partial charge in [0.2, 0.25) is 0 Å². The van der Waals surface area contributed by atoms with Crippen LogP contribution in [0.5, 0.6) is 5.75 Å². The van der Waals surface area contributed by atoms with Gasteiger partial charge in [-0.3, -0.25) is 9.69 Å². The summed E-state index contributed by atoms with van der Waals surface area (Å²) in [6.07, 6.45) is 1.04. The van der Waals surface area contributed by atoms with Crippen molar-refractivity contribution in [3.63, 3.8) is 0 Å². The van der Waals surface area contributed by atoms with E-state index in [4.69, 9.17) is 16.3 Å². The third kappa shape index (κ3) is 4.49. The van der Waals surface area contributed by atoms with Crippen LogP contribution in [0.15, 0.2) is 48.5 Å². The first-order valence-corrected chi connectivity index (χ1v) is 10.3. The maximum absolute atomic E-state index is 12.6. The lowest BCUT2D eigenvalue weighted by Crippen LogP contribution is -2.49. The number of nitrogens with one attached hydrogen (secondary N) is 1. The Morgan fingerprint density at radius 3 is 2.61 bits per heavy atom. The van der Waals surface area contributed by atoms with Crippen LogP contribution in [0.1, 0.15) is 6.42 Å². The Hall–Kier alpha value is -2.08. The molecule has 4 rings (SSSR count). The highest BCUT2D eigenvalue weighted by atomic mass is 35.5. The van der Waals surface area contributed by atoms with E-state index in [0.717, 1.165) is 56.8 Å². The van der Waals surface area contributed by atoms with Crippen molar-refractivity contribution < 1.29 is 9.53 Å². The van der Waals surface area contributed by atoms with E-state index in [1.165, 1.54) is 0 Å². The number of benzene rings is 2. The number of halogens is 1. The lowest BCUT2D eigenvalue weighted by molar-refractivity contribution is -0.132. The van der Waals surface area contributed by atoms with Gasteiger partial charge >= 0.3 is 0 Å². The van der Waals surface area contributed by atoms with Crippen molar-refractivity contribution in [2.24, 2.45) is 0 Å². The molecule has 2 aliphatic heterocycles. The number of hydrogen-bond acceptors (Lipinski definition) is 4. The Labute approximate surface area is 171 Å². The number of hydrogen-bond donors (Lipinski definition) is 1. The van der Waals surface area contributed by atoms with Crippen molar-refractivity contribution in [3.8, 4) is 16.9 Å². The minimum atomic E-state index is 0.0265. The van der Waals surface area contributed by atoms with E-state index in [9.17, 15) is 4.79 Å². The SMILES string of the molecule is O=C(COc1ccc(-c2ccccc2)cc1Cl)N1CCC(N2CCNCC2)C1. The maximum atomic E-state index is 12.6. The molecule has 2 fully saturated rings. The molecular weight excluding hydrogens is 374 g/mol. The summed E-state index contributed by atoms with van der Waals surface area (Å²) < 4.78 is 5.74. The number of rotatable bonds is 5.